The number of nitrogens with one attached hydrogen (secondary N) is 2. The predicted octanol–water partition coefficient (Wildman–Crippen LogP) is 4.15. The van der Waals surface area contributed by atoms with Gasteiger partial charge in [-0.25, -0.2) is 4.79 Å². The molecule has 0 spiro atoms. The number of thiophene rings is 1. The first-order chi connectivity index (χ1) is 13.0. The van der Waals surface area contributed by atoms with E-state index >= 15 is 0 Å². The Balaban J connectivity index is 1.73. The molecule has 0 fully saturated rings. The zero-order valence-corrected chi connectivity index (χ0v) is 15.9. The molecule has 0 saturated carbocycles. The SMILES string of the molecule is COC(=O)c1c(NC(=O)c2cc3cc(Cl)ccc3oc2=N)sc2c1CCC2. The minimum absolute atomic E-state index is 0.0640. The number of benzene rings is 1. The highest BCUT2D eigenvalue weighted by molar-refractivity contribution is 7.17. The van der Waals surface area contributed by atoms with Gasteiger partial charge in [0.2, 0.25) is 5.55 Å². The van der Waals surface area contributed by atoms with Crippen molar-refractivity contribution in [3.8, 4) is 0 Å². The van der Waals surface area contributed by atoms with Crippen LogP contribution in [0.1, 0.15) is 37.6 Å². The van der Waals surface area contributed by atoms with Gasteiger partial charge in [0.05, 0.1) is 12.7 Å². The summed E-state index contributed by atoms with van der Waals surface area (Å²) in [6.07, 6.45) is 2.66. The molecule has 0 radical (unpaired) electrons. The third-order valence-corrected chi connectivity index (χ3v) is 5.95. The van der Waals surface area contributed by atoms with Gasteiger partial charge in [0.25, 0.3) is 5.91 Å². The molecule has 1 aromatic carbocycles. The van der Waals surface area contributed by atoms with Crippen molar-refractivity contribution < 1.29 is 18.7 Å². The van der Waals surface area contributed by atoms with Crippen LogP contribution in [0.3, 0.4) is 0 Å². The number of rotatable bonds is 3. The summed E-state index contributed by atoms with van der Waals surface area (Å²) in [5.74, 6) is -0.985. The van der Waals surface area contributed by atoms with Gasteiger partial charge < -0.3 is 14.5 Å². The number of amides is 1. The lowest BCUT2D eigenvalue weighted by Gasteiger charge is -2.08. The number of carbonyl (C=O) groups excluding carboxylic acids is 2. The Bertz CT molecular complexity index is 1150. The molecule has 138 valence electrons. The van der Waals surface area contributed by atoms with Gasteiger partial charge in [0, 0.05) is 15.3 Å². The Morgan fingerprint density at radius 2 is 2.11 bits per heavy atom. The lowest BCUT2D eigenvalue weighted by Crippen LogP contribution is -2.21. The van der Waals surface area contributed by atoms with Crippen molar-refractivity contribution in [1.29, 1.82) is 5.41 Å². The van der Waals surface area contributed by atoms with Gasteiger partial charge in [-0.2, -0.15) is 0 Å². The Morgan fingerprint density at radius 1 is 1.30 bits per heavy atom. The summed E-state index contributed by atoms with van der Waals surface area (Å²) in [6.45, 7) is 0. The van der Waals surface area contributed by atoms with E-state index in [0.717, 1.165) is 29.7 Å². The Hall–Kier alpha value is -2.64. The first kappa shape index (κ1) is 17.8. The number of anilines is 1. The van der Waals surface area contributed by atoms with E-state index in [1.807, 2.05) is 0 Å². The summed E-state index contributed by atoms with van der Waals surface area (Å²) in [6, 6.07) is 6.52. The molecule has 0 atom stereocenters. The largest absolute Gasteiger partial charge is 0.465 e. The average Bonchev–Trinajstić information content (AvgIpc) is 3.21. The smallest absolute Gasteiger partial charge is 0.341 e. The van der Waals surface area contributed by atoms with Crippen molar-refractivity contribution in [2.24, 2.45) is 0 Å². The highest BCUT2D eigenvalue weighted by Gasteiger charge is 2.28. The first-order valence-electron chi connectivity index (χ1n) is 8.30. The fourth-order valence-electron chi connectivity index (χ4n) is 3.26. The number of carbonyl (C=O) groups is 2. The number of aryl methyl sites for hydroxylation is 1. The van der Waals surface area contributed by atoms with Crippen LogP contribution >= 0.6 is 22.9 Å². The Morgan fingerprint density at radius 3 is 2.89 bits per heavy atom. The summed E-state index contributed by atoms with van der Waals surface area (Å²) in [5.41, 5.74) is 1.63. The molecule has 0 unspecified atom stereocenters. The average molecular weight is 403 g/mol. The van der Waals surface area contributed by atoms with Crippen LogP contribution in [0.4, 0.5) is 5.00 Å². The molecule has 6 nitrogen and oxygen atoms in total. The van der Waals surface area contributed by atoms with Crippen LogP contribution in [0.15, 0.2) is 28.7 Å². The number of halogens is 1. The second kappa shape index (κ2) is 6.83. The van der Waals surface area contributed by atoms with Crippen molar-refractivity contribution >= 4 is 50.8 Å². The summed E-state index contributed by atoms with van der Waals surface area (Å²) < 4.78 is 10.3. The van der Waals surface area contributed by atoms with E-state index in [1.54, 1.807) is 24.3 Å². The van der Waals surface area contributed by atoms with Crippen LogP contribution in [0.25, 0.3) is 11.0 Å². The molecule has 0 saturated heterocycles. The van der Waals surface area contributed by atoms with Crippen molar-refractivity contribution in [1.82, 2.24) is 0 Å². The highest BCUT2D eigenvalue weighted by Crippen LogP contribution is 2.39. The van der Waals surface area contributed by atoms with Crippen LogP contribution in [0.5, 0.6) is 0 Å². The second-order valence-electron chi connectivity index (χ2n) is 6.18. The van der Waals surface area contributed by atoms with Crippen molar-refractivity contribution in [2.75, 3.05) is 12.4 Å². The van der Waals surface area contributed by atoms with Gasteiger partial charge >= 0.3 is 5.97 Å². The molecule has 2 heterocycles. The molecule has 1 aliphatic carbocycles. The topological polar surface area (TPSA) is 92.4 Å². The molecule has 1 aliphatic rings. The molecule has 0 aliphatic heterocycles. The molecule has 3 aromatic rings. The highest BCUT2D eigenvalue weighted by atomic mass is 35.5. The van der Waals surface area contributed by atoms with Gasteiger partial charge in [-0.15, -0.1) is 11.3 Å². The molecular formula is C19H15ClN2O4S. The van der Waals surface area contributed by atoms with Gasteiger partial charge in [-0.05, 0) is 49.1 Å². The second-order valence-corrected chi connectivity index (χ2v) is 7.72. The van der Waals surface area contributed by atoms with E-state index in [9.17, 15) is 9.59 Å². The number of fused-ring (bicyclic) bond motifs is 2. The number of ether oxygens (including phenoxy) is 1. The van der Waals surface area contributed by atoms with Gasteiger partial charge in [0.15, 0.2) is 0 Å². The molecule has 4 rings (SSSR count). The fourth-order valence-corrected chi connectivity index (χ4v) is 4.71. The number of hydrogen-bond acceptors (Lipinski definition) is 6. The number of esters is 1. The molecule has 2 aromatic heterocycles. The Kier molecular flexibility index (Phi) is 4.49. The third kappa shape index (κ3) is 3.13. The lowest BCUT2D eigenvalue weighted by atomic mass is 10.1. The quantitative estimate of drug-likeness (QED) is 0.643. The van der Waals surface area contributed by atoms with Crippen LogP contribution in [-0.4, -0.2) is 19.0 Å². The standard InChI is InChI=1S/C19H15ClN2O4S/c1-25-19(24)15-11-3-2-4-14(11)27-18(15)22-17(23)12-8-9-7-10(20)5-6-13(9)26-16(12)21/h5-8,21H,2-4H2,1H3,(H,22,23). The summed E-state index contributed by atoms with van der Waals surface area (Å²) in [5, 5.41) is 12.3. The molecule has 27 heavy (non-hydrogen) atoms. The molecule has 8 heteroatoms. The normalized spacial score (nSPS) is 12.8. The summed E-state index contributed by atoms with van der Waals surface area (Å²) in [4.78, 5) is 26.1. The van der Waals surface area contributed by atoms with E-state index in [4.69, 9.17) is 26.2 Å². The van der Waals surface area contributed by atoms with Crippen molar-refractivity contribution in [2.45, 2.75) is 19.3 Å². The van der Waals surface area contributed by atoms with E-state index in [0.29, 0.717) is 26.6 Å². The van der Waals surface area contributed by atoms with Crippen molar-refractivity contribution in [3.05, 3.63) is 56.4 Å². The lowest BCUT2D eigenvalue weighted by molar-refractivity contribution is 0.0601. The van der Waals surface area contributed by atoms with E-state index in [1.165, 1.54) is 18.4 Å². The monoisotopic (exact) mass is 402 g/mol. The molecule has 1 amide bonds. The maximum atomic E-state index is 12.8. The first-order valence-corrected chi connectivity index (χ1v) is 9.49. The maximum absolute atomic E-state index is 12.8. The molecular weight excluding hydrogens is 388 g/mol. The van der Waals surface area contributed by atoms with E-state index in [2.05, 4.69) is 5.32 Å². The molecule has 0 bridgehead atoms. The molecule has 2 N–H and O–H groups in total. The van der Waals surface area contributed by atoms with Gasteiger partial charge in [-0.1, -0.05) is 11.6 Å². The summed E-state index contributed by atoms with van der Waals surface area (Å²) >= 11 is 7.38. The third-order valence-electron chi connectivity index (χ3n) is 4.51. The zero-order chi connectivity index (χ0) is 19.1. The van der Waals surface area contributed by atoms with Crippen LogP contribution in [-0.2, 0) is 17.6 Å². The maximum Gasteiger partial charge on any atom is 0.341 e. The van der Waals surface area contributed by atoms with Gasteiger partial charge in [0.1, 0.15) is 16.1 Å². The van der Waals surface area contributed by atoms with Crippen LogP contribution in [0.2, 0.25) is 5.02 Å². The van der Waals surface area contributed by atoms with Gasteiger partial charge in [-0.3, -0.25) is 10.2 Å². The minimum atomic E-state index is -0.518. The van der Waals surface area contributed by atoms with Crippen LogP contribution in [0, 0.1) is 5.41 Å². The van der Waals surface area contributed by atoms with Crippen LogP contribution < -0.4 is 10.9 Å². The Labute approximate surface area is 163 Å². The number of hydrogen-bond donors (Lipinski definition) is 2. The fraction of sp³-hybridized carbons (Fsp3) is 0.211. The summed E-state index contributed by atoms with van der Waals surface area (Å²) in [7, 11) is 1.32. The van der Waals surface area contributed by atoms with E-state index in [-0.39, 0.29) is 11.1 Å². The zero-order valence-electron chi connectivity index (χ0n) is 14.3. The number of methoxy groups -OCH3 is 1. The predicted molar refractivity (Wildman–Crippen MR) is 103 cm³/mol. The van der Waals surface area contributed by atoms with E-state index < -0.39 is 11.9 Å². The van der Waals surface area contributed by atoms with Crippen molar-refractivity contribution in [3.63, 3.8) is 0 Å². The minimum Gasteiger partial charge on any atom is -0.465 e.